The molecule has 1 aromatic carbocycles. The van der Waals surface area contributed by atoms with Crippen molar-refractivity contribution >= 4 is 40.2 Å². The number of thiophene rings is 2. The summed E-state index contributed by atoms with van der Waals surface area (Å²) in [5.74, 6) is -0.329. The first kappa shape index (κ1) is 16.4. The molecule has 0 atom stereocenters. The Morgan fingerprint density at radius 1 is 1.04 bits per heavy atom. The number of carbonyl (C=O) groups is 2. The van der Waals surface area contributed by atoms with E-state index >= 15 is 0 Å². The fourth-order valence-electron chi connectivity index (χ4n) is 2.19. The van der Waals surface area contributed by atoms with E-state index in [1.807, 2.05) is 30.5 Å². The molecule has 2 amide bonds. The van der Waals surface area contributed by atoms with Gasteiger partial charge in [0.2, 0.25) is 0 Å². The molecule has 0 aliphatic carbocycles. The Kier molecular flexibility index (Phi) is 5.08. The van der Waals surface area contributed by atoms with Gasteiger partial charge in [0.05, 0.1) is 11.4 Å². The summed E-state index contributed by atoms with van der Waals surface area (Å²) < 4.78 is 0. The summed E-state index contributed by atoms with van der Waals surface area (Å²) in [4.78, 5) is 27.3. The summed E-state index contributed by atoms with van der Waals surface area (Å²) >= 11 is 3.04. The maximum Gasteiger partial charge on any atom is 0.265 e. The molecule has 3 rings (SSSR count). The second-order valence-corrected chi connectivity index (χ2v) is 7.53. The molecule has 0 saturated heterocycles. The highest BCUT2D eigenvalue weighted by Crippen LogP contribution is 2.16. The SMILES string of the molecule is Cc1ccc(CNC(=O)c2cccc(NC(=O)c3cccs3)c2)s1. The Morgan fingerprint density at radius 3 is 2.62 bits per heavy atom. The Labute approximate surface area is 148 Å². The summed E-state index contributed by atoms with van der Waals surface area (Å²) in [5.41, 5.74) is 1.13. The number of hydrogen-bond donors (Lipinski definition) is 2. The molecule has 0 saturated carbocycles. The van der Waals surface area contributed by atoms with Crippen LogP contribution in [0, 0.1) is 6.92 Å². The molecule has 0 spiro atoms. The quantitative estimate of drug-likeness (QED) is 0.716. The summed E-state index contributed by atoms with van der Waals surface area (Å²) in [6.45, 7) is 2.54. The summed E-state index contributed by atoms with van der Waals surface area (Å²) in [6.07, 6.45) is 0. The van der Waals surface area contributed by atoms with Crippen molar-refractivity contribution in [3.63, 3.8) is 0 Å². The van der Waals surface area contributed by atoms with Crippen molar-refractivity contribution < 1.29 is 9.59 Å². The molecular formula is C18H16N2O2S2. The third-order valence-corrected chi connectivity index (χ3v) is 5.22. The van der Waals surface area contributed by atoms with Crippen LogP contribution in [0.15, 0.2) is 53.9 Å². The highest BCUT2D eigenvalue weighted by Gasteiger charge is 2.10. The molecule has 3 aromatic rings. The van der Waals surface area contributed by atoms with Gasteiger partial charge in [-0.15, -0.1) is 22.7 Å². The number of benzene rings is 1. The van der Waals surface area contributed by atoms with Gasteiger partial charge in [-0.05, 0) is 48.7 Å². The van der Waals surface area contributed by atoms with Crippen LogP contribution in [0.25, 0.3) is 0 Å². The van der Waals surface area contributed by atoms with Crippen molar-refractivity contribution in [2.45, 2.75) is 13.5 Å². The lowest BCUT2D eigenvalue weighted by Crippen LogP contribution is -2.22. The Morgan fingerprint density at radius 2 is 1.92 bits per heavy atom. The first-order valence-electron chi connectivity index (χ1n) is 7.40. The van der Waals surface area contributed by atoms with Crippen LogP contribution in [-0.2, 0) is 6.54 Å². The Balaban J connectivity index is 1.63. The van der Waals surface area contributed by atoms with Crippen LogP contribution in [0.4, 0.5) is 5.69 Å². The van der Waals surface area contributed by atoms with Crippen LogP contribution in [-0.4, -0.2) is 11.8 Å². The van der Waals surface area contributed by atoms with Crippen LogP contribution >= 0.6 is 22.7 Å². The highest BCUT2D eigenvalue weighted by atomic mass is 32.1. The minimum Gasteiger partial charge on any atom is -0.347 e. The number of amides is 2. The van der Waals surface area contributed by atoms with Gasteiger partial charge in [0.1, 0.15) is 0 Å². The fraction of sp³-hybridized carbons (Fsp3) is 0.111. The number of hydrogen-bond acceptors (Lipinski definition) is 4. The smallest absolute Gasteiger partial charge is 0.265 e. The third kappa shape index (κ3) is 4.10. The van der Waals surface area contributed by atoms with E-state index in [9.17, 15) is 9.59 Å². The van der Waals surface area contributed by atoms with Gasteiger partial charge in [0, 0.05) is 21.0 Å². The molecule has 0 aliphatic heterocycles. The zero-order valence-corrected chi connectivity index (χ0v) is 14.7. The van der Waals surface area contributed by atoms with Crippen molar-refractivity contribution in [1.82, 2.24) is 5.32 Å². The molecule has 0 aliphatic rings. The van der Waals surface area contributed by atoms with Gasteiger partial charge in [-0.2, -0.15) is 0 Å². The molecular weight excluding hydrogens is 340 g/mol. The van der Waals surface area contributed by atoms with Gasteiger partial charge in [-0.3, -0.25) is 9.59 Å². The predicted molar refractivity (Wildman–Crippen MR) is 98.9 cm³/mol. The van der Waals surface area contributed by atoms with E-state index in [-0.39, 0.29) is 11.8 Å². The molecule has 0 unspecified atom stereocenters. The van der Waals surface area contributed by atoms with E-state index in [0.29, 0.717) is 22.7 Å². The molecule has 0 bridgehead atoms. The minimum atomic E-state index is -0.170. The van der Waals surface area contributed by atoms with Gasteiger partial charge < -0.3 is 10.6 Å². The molecule has 0 radical (unpaired) electrons. The standard InChI is InChI=1S/C18H16N2O2S2/c1-12-7-8-15(24-12)11-19-17(21)13-4-2-5-14(10-13)20-18(22)16-6-3-9-23-16/h2-10H,11H2,1H3,(H,19,21)(H,20,22). The topological polar surface area (TPSA) is 58.2 Å². The van der Waals surface area contributed by atoms with Crippen molar-refractivity contribution in [2.75, 3.05) is 5.32 Å². The zero-order chi connectivity index (χ0) is 16.9. The zero-order valence-electron chi connectivity index (χ0n) is 13.0. The molecule has 2 N–H and O–H groups in total. The van der Waals surface area contributed by atoms with E-state index in [2.05, 4.69) is 10.6 Å². The van der Waals surface area contributed by atoms with E-state index in [1.54, 1.807) is 41.7 Å². The van der Waals surface area contributed by atoms with E-state index < -0.39 is 0 Å². The number of rotatable bonds is 5. The molecule has 2 aromatic heterocycles. The maximum atomic E-state index is 12.3. The maximum absolute atomic E-state index is 12.3. The van der Waals surface area contributed by atoms with Gasteiger partial charge in [-0.25, -0.2) is 0 Å². The van der Waals surface area contributed by atoms with E-state index in [4.69, 9.17) is 0 Å². The van der Waals surface area contributed by atoms with Gasteiger partial charge in [0.25, 0.3) is 11.8 Å². The van der Waals surface area contributed by atoms with Gasteiger partial charge in [0.15, 0.2) is 0 Å². The number of carbonyl (C=O) groups excluding carboxylic acids is 2. The van der Waals surface area contributed by atoms with Crippen molar-refractivity contribution in [1.29, 1.82) is 0 Å². The molecule has 0 fully saturated rings. The predicted octanol–water partition coefficient (Wildman–Crippen LogP) is 4.30. The monoisotopic (exact) mass is 356 g/mol. The highest BCUT2D eigenvalue weighted by molar-refractivity contribution is 7.12. The van der Waals surface area contributed by atoms with Crippen LogP contribution < -0.4 is 10.6 Å². The lowest BCUT2D eigenvalue weighted by Gasteiger charge is -2.07. The first-order valence-corrected chi connectivity index (χ1v) is 9.10. The number of nitrogens with one attached hydrogen (secondary N) is 2. The number of anilines is 1. The Bertz CT molecular complexity index is 854. The third-order valence-electron chi connectivity index (χ3n) is 3.35. The van der Waals surface area contributed by atoms with Crippen LogP contribution in [0.1, 0.15) is 29.8 Å². The van der Waals surface area contributed by atoms with Gasteiger partial charge in [-0.1, -0.05) is 12.1 Å². The molecule has 6 heteroatoms. The van der Waals surface area contributed by atoms with Crippen LogP contribution in [0.2, 0.25) is 0 Å². The van der Waals surface area contributed by atoms with Crippen molar-refractivity contribution in [2.24, 2.45) is 0 Å². The average Bonchev–Trinajstić information content (AvgIpc) is 3.24. The summed E-state index contributed by atoms with van der Waals surface area (Å²) in [6, 6.07) is 14.6. The lowest BCUT2D eigenvalue weighted by atomic mass is 10.2. The minimum absolute atomic E-state index is 0.159. The largest absolute Gasteiger partial charge is 0.347 e. The van der Waals surface area contributed by atoms with E-state index in [0.717, 1.165) is 4.88 Å². The Hall–Kier alpha value is -2.44. The second kappa shape index (κ2) is 7.42. The fourth-order valence-corrected chi connectivity index (χ4v) is 3.64. The molecule has 122 valence electrons. The molecule has 24 heavy (non-hydrogen) atoms. The van der Waals surface area contributed by atoms with Crippen LogP contribution in [0.5, 0.6) is 0 Å². The van der Waals surface area contributed by atoms with Crippen molar-refractivity contribution in [3.05, 3.63) is 74.1 Å². The molecule has 2 heterocycles. The molecule has 4 nitrogen and oxygen atoms in total. The van der Waals surface area contributed by atoms with Crippen LogP contribution in [0.3, 0.4) is 0 Å². The van der Waals surface area contributed by atoms with E-state index in [1.165, 1.54) is 16.2 Å². The van der Waals surface area contributed by atoms with Crippen molar-refractivity contribution in [3.8, 4) is 0 Å². The summed E-state index contributed by atoms with van der Waals surface area (Å²) in [5, 5.41) is 7.56. The normalized spacial score (nSPS) is 10.4. The first-order chi connectivity index (χ1) is 11.6. The summed E-state index contributed by atoms with van der Waals surface area (Å²) in [7, 11) is 0. The average molecular weight is 356 g/mol. The second-order valence-electron chi connectivity index (χ2n) is 5.21. The lowest BCUT2D eigenvalue weighted by molar-refractivity contribution is 0.0950. The number of aryl methyl sites for hydroxylation is 1. The van der Waals surface area contributed by atoms with Gasteiger partial charge >= 0.3 is 0 Å².